The van der Waals surface area contributed by atoms with Crippen LogP contribution in [0.15, 0.2) is 0 Å². The van der Waals surface area contributed by atoms with E-state index >= 15 is 0 Å². The topological polar surface area (TPSA) is 0 Å². The van der Waals surface area contributed by atoms with Crippen molar-refractivity contribution in [2.45, 2.75) is 0 Å². The minimum absolute atomic E-state index is 0. The van der Waals surface area contributed by atoms with Crippen LogP contribution in [0.3, 0.4) is 0 Å². The molecule has 2 heteroatoms. The Morgan fingerprint density at radius 1 is 0.529 bits per heavy atom. The second-order valence-corrected chi connectivity index (χ2v) is 5.95. The molecule has 0 heterocycles. The molecule has 0 spiro atoms. The minimum Gasteiger partial charge on any atom is -0.116 e. The molecule has 0 aromatic heterocycles. The van der Waals surface area contributed by atoms with Crippen LogP contribution in [0.4, 0.5) is 0 Å². The van der Waals surface area contributed by atoms with Gasteiger partial charge in [-0.3, -0.25) is 0 Å². The van der Waals surface area contributed by atoms with E-state index in [9.17, 15) is 0 Å². The summed E-state index contributed by atoms with van der Waals surface area (Å²) in [6.45, 7) is 12.7. The molecule has 0 N–H and O–H groups in total. The Kier molecular flexibility index (Phi) is 30.9. The summed E-state index contributed by atoms with van der Waals surface area (Å²) < 4.78 is 0. The molecule has 0 aromatic carbocycles. The first kappa shape index (κ1) is 23.4. The summed E-state index contributed by atoms with van der Waals surface area (Å²) in [6, 6.07) is 0. The monoisotopic (exact) mass is 414 g/mol. The third-order valence-electron chi connectivity index (χ3n) is 1.11. The zero-order valence-electron chi connectivity index (χ0n) is 11.1. The van der Waals surface area contributed by atoms with Crippen molar-refractivity contribution in [2.75, 3.05) is 20.0 Å². The van der Waals surface area contributed by atoms with Gasteiger partial charge in [0.15, 0.2) is 0 Å². The van der Waals surface area contributed by atoms with Gasteiger partial charge in [-0.1, -0.05) is 13.8 Å². The maximum Gasteiger partial charge on any atom is 0 e. The normalized spacial score (nSPS) is 16.6. The summed E-state index contributed by atoms with van der Waals surface area (Å²) in [7, 11) is 0.380. The Morgan fingerprint density at radius 3 is 0.647 bits per heavy atom. The van der Waals surface area contributed by atoms with Gasteiger partial charge in [-0.25, -0.2) is 0 Å². The maximum absolute atomic E-state index is 3.00. The molecular formula is C15H23HfP. The molecule has 2 aliphatic rings. The predicted octanol–water partition coefficient (Wildman–Crippen LogP) is 4.05. The Hall–Kier alpha value is 1.30. The van der Waals surface area contributed by atoms with Gasteiger partial charge in [0.2, 0.25) is 0 Å². The van der Waals surface area contributed by atoms with E-state index < -0.39 is 0 Å². The quantitative estimate of drug-likeness (QED) is 0.416. The van der Waals surface area contributed by atoms with Crippen molar-refractivity contribution in [3.63, 3.8) is 0 Å². The van der Waals surface area contributed by atoms with Gasteiger partial charge in [0.1, 0.15) is 0 Å². The summed E-state index contributed by atoms with van der Waals surface area (Å²) in [5, 5.41) is 0. The van der Waals surface area contributed by atoms with E-state index in [1.54, 1.807) is 0 Å². The van der Waals surface area contributed by atoms with Gasteiger partial charge in [-0.15, -0.1) is 7.92 Å². The van der Waals surface area contributed by atoms with E-state index in [1.807, 2.05) is 64.2 Å². The average Bonchev–Trinajstić information content (AvgIpc) is 2.99. The van der Waals surface area contributed by atoms with Crippen LogP contribution in [0.25, 0.3) is 0 Å². The van der Waals surface area contributed by atoms with Crippen LogP contribution in [0.2, 0.25) is 0 Å². The Labute approximate surface area is 131 Å². The molecule has 2 saturated carbocycles. The number of hydrogen-bond acceptors (Lipinski definition) is 0. The molecule has 0 atom stereocenters. The summed E-state index contributed by atoms with van der Waals surface area (Å²) in [4.78, 5) is 0. The van der Waals surface area contributed by atoms with Crippen molar-refractivity contribution in [1.29, 1.82) is 0 Å². The fourth-order valence-electron chi connectivity index (χ4n) is 0.642. The standard InChI is InChI=1S/2C5H5.C3H9P.C2H4.Hf/c2*1-2-4-5-3-1;1-4(2)3;1-2;/h2*1-5H;1-3H3;1-2H2;. The fraction of sp³-hybridized carbons (Fsp3) is 0.200. The molecule has 0 bridgehead atoms. The Balaban J connectivity index is -0.000000158. The van der Waals surface area contributed by atoms with Crippen molar-refractivity contribution < 1.29 is 25.8 Å². The Bertz CT molecular complexity index is 69.1. The molecule has 2 rings (SSSR count). The van der Waals surface area contributed by atoms with Crippen LogP contribution in [-0.4, -0.2) is 20.0 Å². The first-order valence-electron chi connectivity index (χ1n) is 5.17. The second-order valence-electron chi connectivity index (χ2n) is 3.27. The van der Waals surface area contributed by atoms with Gasteiger partial charge in [0.25, 0.3) is 0 Å². The third-order valence-corrected chi connectivity index (χ3v) is 1.11. The van der Waals surface area contributed by atoms with E-state index in [2.05, 4.69) is 33.8 Å². The van der Waals surface area contributed by atoms with E-state index in [-0.39, 0.29) is 25.8 Å². The van der Waals surface area contributed by atoms with Gasteiger partial charge in [0, 0.05) is 25.8 Å². The van der Waals surface area contributed by atoms with Gasteiger partial charge in [-0.05, 0) is 84.2 Å². The summed E-state index contributed by atoms with van der Waals surface area (Å²) in [5.74, 6) is 0. The van der Waals surface area contributed by atoms with Crippen molar-refractivity contribution in [3.05, 3.63) is 78.1 Å². The van der Waals surface area contributed by atoms with Crippen molar-refractivity contribution in [2.24, 2.45) is 0 Å². The van der Waals surface area contributed by atoms with Gasteiger partial charge >= 0.3 is 0 Å². The summed E-state index contributed by atoms with van der Waals surface area (Å²) in [5.41, 5.74) is 0. The van der Waals surface area contributed by atoms with Crippen molar-refractivity contribution in [1.82, 2.24) is 0 Å². The molecule has 0 aliphatic heterocycles. The molecule has 0 unspecified atom stereocenters. The smallest absolute Gasteiger partial charge is 0 e. The first-order valence-corrected chi connectivity index (χ1v) is 7.86. The van der Waals surface area contributed by atoms with E-state index in [0.717, 1.165) is 0 Å². The average molecular weight is 413 g/mol. The summed E-state index contributed by atoms with van der Waals surface area (Å²) >= 11 is 0. The number of rotatable bonds is 0. The molecular weight excluding hydrogens is 390 g/mol. The van der Waals surface area contributed by atoms with Crippen LogP contribution < -0.4 is 0 Å². The van der Waals surface area contributed by atoms with Crippen molar-refractivity contribution >= 4 is 7.92 Å². The van der Waals surface area contributed by atoms with Crippen LogP contribution >= 0.6 is 7.92 Å². The van der Waals surface area contributed by atoms with E-state index in [1.165, 1.54) is 0 Å². The fourth-order valence-corrected chi connectivity index (χ4v) is 0.642. The van der Waals surface area contributed by atoms with Crippen LogP contribution in [0, 0.1) is 78.1 Å². The molecule has 2 fully saturated rings. The second kappa shape index (κ2) is 22.5. The summed E-state index contributed by atoms with van der Waals surface area (Å²) in [6.07, 6.45) is 20.0. The molecule has 0 amide bonds. The number of hydrogen-bond donors (Lipinski definition) is 0. The zero-order chi connectivity index (χ0) is 12.6. The maximum atomic E-state index is 3.00. The predicted molar refractivity (Wildman–Crippen MR) is 78.4 cm³/mol. The molecule has 0 nitrogen and oxygen atoms in total. The van der Waals surface area contributed by atoms with Crippen LogP contribution in [0.5, 0.6) is 0 Å². The van der Waals surface area contributed by atoms with Gasteiger partial charge in [0.05, 0.1) is 0 Å². The Morgan fingerprint density at radius 2 is 0.588 bits per heavy atom. The third kappa shape index (κ3) is 31.7. The molecule has 0 saturated heterocycles. The molecule has 17 heavy (non-hydrogen) atoms. The van der Waals surface area contributed by atoms with E-state index in [4.69, 9.17) is 0 Å². The minimum atomic E-state index is 0. The van der Waals surface area contributed by atoms with Gasteiger partial charge in [-0.2, -0.15) is 0 Å². The molecule has 12 radical (unpaired) electrons. The molecule has 92 valence electrons. The van der Waals surface area contributed by atoms with E-state index in [0.29, 0.717) is 7.92 Å². The SMILES string of the molecule is CP(C)C.[CH2][CH2].[CH]1[CH][CH][CH][CH]1.[CH]1[CH][CH][CH][CH]1.[Hf]. The largest absolute Gasteiger partial charge is 0.116 e. The molecule has 2 aliphatic carbocycles. The van der Waals surface area contributed by atoms with Crippen molar-refractivity contribution in [3.8, 4) is 0 Å². The van der Waals surface area contributed by atoms with Crippen LogP contribution in [0.1, 0.15) is 0 Å². The first-order chi connectivity index (χ1) is 7.73. The van der Waals surface area contributed by atoms with Gasteiger partial charge < -0.3 is 0 Å². The molecule has 0 aromatic rings. The zero-order valence-corrected chi connectivity index (χ0v) is 15.6. The van der Waals surface area contributed by atoms with Crippen LogP contribution in [-0.2, 0) is 25.8 Å².